The molecule has 1 saturated carbocycles. The Morgan fingerprint density at radius 2 is 1.83 bits per heavy atom. The number of carbonyl (C=O) groups is 2. The number of carboxylic acid groups (broad SMARTS) is 2. The van der Waals surface area contributed by atoms with Crippen molar-refractivity contribution < 1.29 is 19.8 Å². The molecule has 1 fully saturated rings. The Hall–Kier alpha value is -1.14. The zero-order chi connectivity index (χ0) is 14.0. The number of carboxylic acids is 2. The molecule has 0 aliphatic heterocycles. The van der Waals surface area contributed by atoms with E-state index in [2.05, 4.69) is 5.32 Å². The lowest BCUT2D eigenvalue weighted by Crippen LogP contribution is -2.42. The first-order valence-electron chi connectivity index (χ1n) is 6.38. The zero-order valence-electron chi connectivity index (χ0n) is 10.9. The van der Waals surface area contributed by atoms with Crippen LogP contribution in [0.4, 0.5) is 0 Å². The van der Waals surface area contributed by atoms with E-state index >= 15 is 0 Å². The highest BCUT2D eigenvalue weighted by atomic mass is 16.4. The molecule has 0 unspecified atom stereocenters. The Morgan fingerprint density at radius 3 is 2.17 bits per heavy atom. The van der Waals surface area contributed by atoms with E-state index in [0.29, 0.717) is 6.04 Å². The maximum Gasteiger partial charge on any atom is 0.320 e. The molecule has 106 valence electrons. The van der Waals surface area contributed by atoms with Crippen LogP contribution in [0.15, 0.2) is 0 Å². The van der Waals surface area contributed by atoms with Gasteiger partial charge >= 0.3 is 11.9 Å². The van der Waals surface area contributed by atoms with Gasteiger partial charge in [0.2, 0.25) is 0 Å². The van der Waals surface area contributed by atoms with E-state index in [1.165, 1.54) is 19.3 Å². The minimum Gasteiger partial charge on any atom is -0.481 e. The summed E-state index contributed by atoms with van der Waals surface area (Å²) in [6.07, 6.45) is 6.13. The topological polar surface area (TPSA) is 113 Å². The molecule has 1 atom stereocenters. The fraction of sp³-hybridized carbons (Fsp3) is 0.833. The Balaban J connectivity index is 0.000000411. The lowest BCUT2D eigenvalue weighted by Gasteiger charge is -2.24. The van der Waals surface area contributed by atoms with Crippen LogP contribution in [0, 0.1) is 0 Å². The average Bonchev–Trinajstić information content (AvgIpc) is 2.30. The van der Waals surface area contributed by atoms with Crippen molar-refractivity contribution in [2.45, 2.75) is 57.5 Å². The molecule has 1 aliphatic carbocycles. The largest absolute Gasteiger partial charge is 0.481 e. The van der Waals surface area contributed by atoms with Crippen LogP contribution in [0.2, 0.25) is 0 Å². The van der Waals surface area contributed by atoms with Gasteiger partial charge in [0.05, 0.1) is 6.42 Å². The first-order valence-corrected chi connectivity index (χ1v) is 6.38. The summed E-state index contributed by atoms with van der Waals surface area (Å²) in [5.41, 5.74) is 4.85. The quantitative estimate of drug-likeness (QED) is 0.581. The second-order valence-corrected chi connectivity index (χ2v) is 4.49. The predicted molar refractivity (Wildman–Crippen MR) is 68.4 cm³/mol. The Kier molecular flexibility index (Phi) is 9.22. The van der Waals surface area contributed by atoms with E-state index in [4.69, 9.17) is 15.9 Å². The standard InChI is InChI=1S/C9H17NO2.C3H7NO2/c1-7(9(11)12)10-8-5-3-2-4-6-8;4-2-1-3(5)6/h7-8,10H,2-6H2,1H3,(H,11,12);1-2,4H2,(H,5,6)/t7-;/m0./s1. The number of rotatable bonds is 5. The van der Waals surface area contributed by atoms with Gasteiger partial charge in [-0.25, -0.2) is 0 Å². The van der Waals surface area contributed by atoms with Crippen molar-refractivity contribution in [3.05, 3.63) is 0 Å². The predicted octanol–water partition coefficient (Wildman–Crippen LogP) is 0.802. The van der Waals surface area contributed by atoms with Crippen LogP contribution < -0.4 is 11.1 Å². The molecule has 0 spiro atoms. The summed E-state index contributed by atoms with van der Waals surface area (Å²) in [5.74, 6) is -1.59. The lowest BCUT2D eigenvalue weighted by molar-refractivity contribution is -0.139. The molecule has 0 aromatic carbocycles. The van der Waals surface area contributed by atoms with Crippen molar-refractivity contribution >= 4 is 11.9 Å². The summed E-state index contributed by atoms with van der Waals surface area (Å²) in [6.45, 7) is 1.94. The monoisotopic (exact) mass is 260 g/mol. The van der Waals surface area contributed by atoms with Gasteiger partial charge in [-0.1, -0.05) is 19.3 Å². The Bertz CT molecular complexity index is 252. The van der Waals surface area contributed by atoms with Gasteiger partial charge in [-0.2, -0.15) is 0 Å². The summed E-state index contributed by atoms with van der Waals surface area (Å²) in [5, 5.41) is 19.6. The van der Waals surface area contributed by atoms with Crippen molar-refractivity contribution in [3.8, 4) is 0 Å². The van der Waals surface area contributed by atoms with Crippen molar-refractivity contribution in [1.82, 2.24) is 5.32 Å². The molecule has 0 radical (unpaired) electrons. The number of nitrogens with two attached hydrogens (primary N) is 1. The summed E-state index contributed by atoms with van der Waals surface area (Å²) >= 11 is 0. The van der Waals surface area contributed by atoms with Gasteiger partial charge in [0.25, 0.3) is 0 Å². The Labute approximate surface area is 108 Å². The Morgan fingerprint density at radius 1 is 1.28 bits per heavy atom. The van der Waals surface area contributed by atoms with Gasteiger partial charge in [-0.3, -0.25) is 9.59 Å². The molecule has 6 nitrogen and oxygen atoms in total. The van der Waals surface area contributed by atoms with Crippen molar-refractivity contribution in [3.63, 3.8) is 0 Å². The lowest BCUT2D eigenvalue weighted by atomic mass is 9.95. The van der Waals surface area contributed by atoms with Crippen LogP contribution in [-0.4, -0.2) is 40.8 Å². The first-order chi connectivity index (χ1) is 8.47. The molecule has 5 N–H and O–H groups in total. The van der Waals surface area contributed by atoms with Gasteiger partial charge in [0, 0.05) is 12.6 Å². The van der Waals surface area contributed by atoms with E-state index in [1.807, 2.05) is 0 Å². The van der Waals surface area contributed by atoms with Crippen molar-refractivity contribution in [1.29, 1.82) is 0 Å². The molecule has 0 heterocycles. The maximum atomic E-state index is 10.5. The van der Waals surface area contributed by atoms with Crippen LogP contribution in [-0.2, 0) is 9.59 Å². The van der Waals surface area contributed by atoms with Crippen LogP contribution in [0.25, 0.3) is 0 Å². The summed E-state index contributed by atoms with van der Waals surface area (Å²) in [6, 6.07) is 0.0398. The first kappa shape index (κ1) is 16.9. The summed E-state index contributed by atoms with van der Waals surface area (Å²) < 4.78 is 0. The third-order valence-electron chi connectivity index (χ3n) is 2.82. The molecule has 0 bridgehead atoms. The van der Waals surface area contributed by atoms with E-state index in [-0.39, 0.29) is 13.0 Å². The number of hydrogen-bond acceptors (Lipinski definition) is 4. The number of nitrogens with one attached hydrogen (secondary N) is 1. The second kappa shape index (κ2) is 9.85. The normalized spacial score (nSPS) is 17.4. The SMILES string of the molecule is C[C@H](NC1CCCCC1)C(=O)O.NCCC(=O)O. The van der Waals surface area contributed by atoms with Crippen molar-refractivity contribution in [2.24, 2.45) is 5.73 Å². The molecule has 0 aromatic heterocycles. The molecule has 1 rings (SSSR count). The molecule has 0 amide bonds. The highest BCUT2D eigenvalue weighted by Gasteiger charge is 2.18. The van der Waals surface area contributed by atoms with E-state index in [9.17, 15) is 9.59 Å². The zero-order valence-corrected chi connectivity index (χ0v) is 10.9. The smallest absolute Gasteiger partial charge is 0.320 e. The van der Waals surface area contributed by atoms with Crippen LogP contribution >= 0.6 is 0 Å². The minimum absolute atomic E-state index is 0.0694. The third kappa shape index (κ3) is 8.95. The van der Waals surface area contributed by atoms with E-state index in [1.54, 1.807) is 6.92 Å². The molecule has 0 saturated heterocycles. The van der Waals surface area contributed by atoms with Gasteiger partial charge < -0.3 is 21.3 Å². The van der Waals surface area contributed by atoms with Gasteiger partial charge in [0.15, 0.2) is 0 Å². The van der Waals surface area contributed by atoms with Gasteiger partial charge in [-0.15, -0.1) is 0 Å². The molecular formula is C12H24N2O4. The molecule has 6 heteroatoms. The van der Waals surface area contributed by atoms with Gasteiger partial charge in [0.1, 0.15) is 6.04 Å². The highest BCUT2D eigenvalue weighted by molar-refractivity contribution is 5.72. The molecule has 18 heavy (non-hydrogen) atoms. The third-order valence-corrected chi connectivity index (χ3v) is 2.82. The van der Waals surface area contributed by atoms with Crippen LogP contribution in [0.1, 0.15) is 45.4 Å². The van der Waals surface area contributed by atoms with E-state index < -0.39 is 18.0 Å². The molecule has 1 aliphatic rings. The summed E-state index contributed by atoms with van der Waals surface area (Å²) in [7, 11) is 0. The number of hydrogen-bond donors (Lipinski definition) is 4. The molecule has 0 aromatic rings. The van der Waals surface area contributed by atoms with Crippen LogP contribution in [0.5, 0.6) is 0 Å². The number of aliphatic carboxylic acids is 2. The summed E-state index contributed by atoms with van der Waals surface area (Å²) in [4.78, 5) is 20.0. The van der Waals surface area contributed by atoms with Gasteiger partial charge in [-0.05, 0) is 19.8 Å². The van der Waals surface area contributed by atoms with Crippen LogP contribution in [0.3, 0.4) is 0 Å². The highest BCUT2D eigenvalue weighted by Crippen LogP contribution is 2.17. The second-order valence-electron chi connectivity index (χ2n) is 4.49. The minimum atomic E-state index is -0.836. The van der Waals surface area contributed by atoms with E-state index in [0.717, 1.165) is 12.8 Å². The van der Waals surface area contributed by atoms with Crippen molar-refractivity contribution in [2.75, 3.05) is 6.54 Å². The fourth-order valence-electron chi connectivity index (χ4n) is 1.82. The molecular weight excluding hydrogens is 236 g/mol. The fourth-order valence-corrected chi connectivity index (χ4v) is 1.82. The maximum absolute atomic E-state index is 10.5. The average molecular weight is 260 g/mol.